The van der Waals surface area contributed by atoms with E-state index in [-0.39, 0.29) is 6.03 Å². The van der Waals surface area contributed by atoms with E-state index in [9.17, 15) is 4.79 Å². The fourth-order valence-corrected chi connectivity index (χ4v) is 6.79. The number of benzene rings is 2. The molecule has 48 heavy (non-hydrogen) atoms. The number of aromatic nitrogens is 3. The Bertz CT molecular complexity index is 1700. The van der Waals surface area contributed by atoms with Crippen LogP contribution in [-0.2, 0) is 37.3 Å². The number of aryl methyl sites for hydroxylation is 2. The van der Waals surface area contributed by atoms with Crippen LogP contribution in [0.15, 0.2) is 48.7 Å². The number of hydrogen-bond acceptors (Lipinski definition) is 8. The molecule has 256 valence electrons. The van der Waals surface area contributed by atoms with E-state index in [0.29, 0.717) is 25.2 Å². The van der Waals surface area contributed by atoms with Crippen molar-refractivity contribution in [3.8, 4) is 16.9 Å². The molecule has 2 fully saturated rings. The summed E-state index contributed by atoms with van der Waals surface area (Å²) < 4.78 is 13.3. The van der Waals surface area contributed by atoms with Gasteiger partial charge in [0.05, 0.1) is 24.4 Å². The smallest absolute Gasteiger partial charge is 0.315 e. The molecule has 2 aliphatic heterocycles. The molecular weight excluding hydrogens is 604 g/mol. The molecule has 2 aromatic heterocycles. The highest BCUT2D eigenvalue weighted by Crippen LogP contribution is 2.33. The maximum absolute atomic E-state index is 13.2. The van der Waals surface area contributed by atoms with Crippen molar-refractivity contribution in [3.05, 3.63) is 71.0 Å². The Morgan fingerprint density at radius 2 is 1.92 bits per heavy atom. The summed E-state index contributed by atoms with van der Waals surface area (Å²) in [5.74, 6) is 0.807. The summed E-state index contributed by atoms with van der Waals surface area (Å²) in [5.41, 5.74) is 8.23. The van der Waals surface area contributed by atoms with E-state index in [2.05, 4.69) is 82.4 Å². The number of nitrogens with zero attached hydrogens (tertiary/aromatic N) is 4. The average molecular weight is 655 g/mol. The van der Waals surface area contributed by atoms with Crippen molar-refractivity contribution in [2.75, 3.05) is 45.3 Å². The molecule has 4 heterocycles. The number of hydrogen-bond donors (Lipinski definition) is 4. The first-order valence-corrected chi connectivity index (χ1v) is 17.4. The van der Waals surface area contributed by atoms with Gasteiger partial charge in [0.25, 0.3) is 0 Å². The minimum absolute atomic E-state index is 0.233. The number of fused-ring (bicyclic) bond motifs is 1. The highest BCUT2D eigenvalue weighted by Gasteiger charge is 2.22. The lowest BCUT2D eigenvalue weighted by molar-refractivity contribution is 0.0904. The summed E-state index contributed by atoms with van der Waals surface area (Å²) >= 11 is 0. The molecule has 2 aromatic carbocycles. The van der Waals surface area contributed by atoms with Gasteiger partial charge in [-0.3, -0.25) is 4.90 Å². The topological polar surface area (TPSA) is 118 Å². The van der Waals surface area contributed by atoms with Crippen molar-refractivity contribution >= 4 is 22.8 Å². The van der Waals surface area contributed by atoms with Gasteiger partial charge in [-0.05, 0) is 68.0 Å². The van der Waals surface area contributed by atoms with Gasteiger partial charge in [-0.15, -0.1) is 0 Å². The number of pyridine rings is 1. The molecule has 11 heteroatoms. The van der Waals surface area contributed by atoms with Crippen LogP contribution in [0.25, 0.3) is 22.2 Å². The largest absolute Gasteiger partial charge is 0.496 e. The maximum atomic E-state index is 13.2. The van der Waals surface area contributed by atoms with E-state index in [4.69, 9.17) is 14.5 Å². The summed E-state index contributed by atoms with van der Waals surface area (Å²) in [6, 6.07) is 15.3. The van der Waals surface area contributed by atoms with Crippen LogP contribution >= 0.6 is 0 Å². The SMILES string of the molecule is CCc1nc2c(cnn2CC)c(NC2CCOCC2)c1CNC(=O)NCc1ccc(OC)c(-c2cccc(CN3CCNC[C@@H]3C)c2)c1. The lowest BCUT2D eigenvalue weighted by atomic mass is 9.99. The van der Waals surface area contributed by atoms with Gasteiger partial charge in [0.15, 0.2) is 5.65 Å². The molecule has 4 aromatic rings. The zero-order valence-electron chi connectivity index (χ0n) is 28.8. The van der Waals surface area contributed by atoms with Crippen molar-refractivity contribution in [1.82, 2.24) is 35.6 Å². The van der Waals surface area contributed by atoms with E-state index in [1.807, 2.05) is 23.0 Å². The minimum Gasteiger partial charge on any atom is -0.496 e. The molecule has 0 saturated carbocycles. The molecule has 0 aliphatic carbocycles. The Kier molecular flexibility index (Phi) is 11.1. The van der Waals surface area contributed by atoms with Crippen molar-refractivity contribution in [2.24, 2.45) is 0 Å². The summed E-state index contributed by atoms with van der Waals surface area (Å²) in [5, 5.41) is 19.0. The van der Waals surface area contributed by atoms with Crippen LogP contribution in [0.4, 0.5) is 10.5 Å². The average Bonchev–Trinajstić information content (AvgIpc) is 3.54. The molecule has 11 nitrogen and oxygen atoms in total. The van der Waals surface area contributed by atoms with E-state index >= 15 is 0 Å². The molecule has 0 bridgehead atoms. The third-order valence-electron chi connectivity index (χ3n) is 9.58. The second-order valence-electron chi connectivity index (χ2n) is 12.8. The van der Waals surface area contributed by atoms with Crippen molar-refractivity contribution in [1.29, 1.82) is 0 Å². The quantitative estimate of drug-likeness (QED) is 0.167. The number of amides is 2. The molecular formula is C37H50N8O3. The van der Waals surface area contributed by atoms with E-state index in [1.165, 1.54) is 5.56 Å². The Balaban J connectivity index is 1.15. The van der Waals surface area contributed by atoms with Crippen LogP contribution in [0.3, 0.4) is 0 Å². The standard InChI is InChI=1S/C37H50N8O3/c1-5-33-31(35(42-29-12-16-48-17-13-29)32-23-41-45(6-2)36(32)43-33)22-40-37(46)39-21-26-10-11-34(47-4)30(19-26)28-9-7-8-27(18-28)24-44-15-14-38-20-25(44)3/h7-11,18-19,23,25,29,38H,5-6,12-17,20-22,24H2,1-4H3,(H,42,43)(H2,39,40,46)/t25-/m0/s1. The monoisotopic (exact) mass is 654 g/mol. The number of ether oxygens (including phenoxy) is 2. The number of anilines is 1. The Hall–Kier alpha value is -4.19. The number of carbonyl (C=O) groups excluding carboxylic acids is 1. The number of rotatable bonds is 12. The van der Waals surface area contributed by atoms with Crippen LogP contribution in [0.2, 0.25) is 0 Å². The third-order valence-corrected chi connectivity index (χ3v) is 9.58. The predicted molar refractivity (Wildman–Crippen MR) is 190 cm³/mol. The molecule has 6 rings (SSSR count). The summed E-state index contributed by atoms with van der Waals surface area (Å²) in [6.45, 7) is 13.4. The highest BCUT2D eigenvalue weighted by atomic mass is 16.5. The molecule has 0 radical (unpaired) electrons. The number of urea groups is 1. The number of carbonyl (C=O) groups is 1. The van der Waals surface area contributed by atoms with Crippen LogP contribution < -0.4 is 26.0 Å². The number of methoxy groups -OCH3 is 1. The first-order chi connectivity index (χ1) is 23.5. The zero-order chi connectivity index (χ0) is 33.5. The highest BCUT2D eigenvalue weighted by molar-refractivity contribution is 5.92. The van der Waals surface area contributed by atoms with E-state index in [0.717, 1.165) is 116 Å². The third kappa shape index (κ3) is 7.75. The number of nitrogens with one attached hydrogen (secondary N) is 4. The first-order valence-electron chi connectivity index (χ1n) is 17.4. The Labute approximate surface area is 283 Å². The van der Waals surface area contributed by atoms with Gasteiger partial charge in [-0.1, -0.05) is 31.2 Å². The number of piperazine rings is 1. The maximum Gasteiger partial charge on any atom is 0.315 e. The summed E-state index contributed by atoms with van der Waals surface area (Å²) in [4.78, 5) is 20.7. The van der Waals surface area contributed by atoms with Crippen LogP contribution in [-0.4, -0.2) is 77.7 Å². The second-order valence-corrected chi connectivity index (χ2v) is 12.8. The second kappa shape index (κ2) is 15.8. The van der Waals surface area contributed by atoms with Crippen molar-refractivity contribution in [3.63, 3.8) is 0 Å². The Morgan fingerprint density at radius 1 is 1.08 bits per heavy atom. The predicted octanol–water partition coefficient (Wildman–Crippen LogP) is 5.07. The normalized spacial score (nSPS) is 17.4. The van der Waals surface area contributed by atoms with Crippen molar-refractivity contribution in [2.45, 2.75) is 78.3 Å². The fourth-order valence-electron chi connectivity index (χ4n) is 6.79. The molecule has 4 N–H and O–H groups in total. The molecule has 1 atom stereocenters. The summed E-state index contributed by atoms with van der Waals surface area (Å²) in [6.07, 6.45) is 4.50. The molecule has 0 spiro atoms. The molecule has 0 unspecified atom stereocenters. The van der Waals surface area contributed by atoms with Gasteiger partial charge < -0.3 is 30.7 Å². The molecule has 2 aliphatic rings. The van der Waals surface area contributed by atoms with Gasteiger partial charge in [0, 0.05) is 87.9 Å². The lowest BCUT2D eigenvalue weighted by Crippen LogP contribution is -2.49. The summed E-state index contributed by atoms with van der Waals surface area (Å²) in [7, 11) is 1.70. The Morgan fingerprint density at radius 3 is 2.69 bits per heavy atom. The molecule has 2 saturated heterocycles. The van der Waals surface area contributed by atoms with Gasteiger partial charge >= 0.3 is 6.03 Å². The molecule has 2 amide bonds. The zero-order valence-corrected chi connectivity index (χ0v) is 28.8. The van der Waals surface area contributed by atoms with Gasteiger partial charge in [0.2, 0.25) is 0 Å². The fraction of sp³-hybridized carbons (Fsp3) is 0.486. The van der Waals surface area contributed by atoms with Crippen LogP contribution in [0.1, 0.15) is 56.0 Å². The van der Waals surface area contributed by atoms with Gasteiger partial charge in [-0.25, -0.2) is 14.5 Å². The van der Waals surface area contributed by atoms with E-state index < -0.39 is 0 Å². The van der Waals surface area contributed by atoms with Gasteiger partial charge in [0.1, 0.15) is 5.75 Å². The van der Waals surface area contributed by atoms with Crippen LogP contribution in [0.5, 0.6) is 5.75 Å². The van der Waals surface area contributed by atoms with Crippen molar-refractivity contribution < 1.29 is 14.3 Å². The van der Waals surface area contributed by atoms with Crippen LogP contribution in [0, 0.1) is 0 Å². The minimum atomic E-state index is -0.233. The van der Waals surface area contributed by atoms with E-state index in [1.54, 1.807) is 7.11 Å². The lowest BCUT2D eigenvalue weighted by Gasteiger charge is -2.34. The first kappa shape index (κ1) is 33.7. The van der Waals surface area contributed by atoms with Gasteiger partial charge in [-0.2, -0.15) is 5.10 Å².